The zero-order chi connectivity index (χ0) is 21.0. The monoisotopic (exact) mass is 396 g/mol. The number of amides is 2. The smallest absolute Gasteiger partial charge is 0.267 e. The van der Waals surface area contributed by atoms with Crippen LogP contribution in [0, 0.1) is 5.41 Å². The number of nitrogens with one attached hydrogen (secondary N) is 1. The minimum absolute atomic E-state index is 0.0864. The molecule has 6 nitrogen and oxygen atoms in total. The minimum atomic E-state index is -0.549. The highest BCUT2D eigenvalue weighted by Crippen LogP contribution is 2.36. The van der Waals surface area contributed by atoms with Crippen LogP contribution >= 0.6 is 0 Å². The summed E-state index contributed by atoms with van der Waals surface area (Å²) in [6, 6.07) is 15.0. The molecule has 0 aliphatic carbocycles. The van der Waals surface area contributed by atoms with Gasteiger partial charge in [0.15, 0.2) is 6.10 Å². The Balaban J connectivity index is 1.71. The quantitative estimate of drug-likeness (QED) is 0.741. The summed E-state index contributed by atoms with van der Waals surface area (Å²) in [6.45, 7) is 8.31. The Kier molecular flexibility index (Phi) is 6.11. The summed E-state index contributed by atoms with van der Waals surface area (Å²) in [4.78, 5) is 26.7. The van der Waals surface area contributed by atoms with Gasteiger partial charge < -0.3 is 19.7 Å². The Morgan fingerprint density at radius 3 is 2.59 bits per heavy atom. The number of anilines is 2. The molecule has 0 radical (unpaired) electrons. The van der Waals surface area contributed by atoms with Crippen LogP contribution in [0.5, 0.6) is 11.5 Å². The van der Waals surface area contributed by atoms with Crippen molar-refractivity contribution in [2.75, 3.05) is 23.4 Å². The molecule has 1 atom stereocenters. The van der Waals surface area contributed by atoms with Crippen molar-refractivity contribution in [3.8, 4) is 11.5 Å². The molecular formula is C23H28N2O4. The first-order valence-corrected chi connectivity index (χ1v) is 9.87. The summed E-state index contributed by atoms with van der Waals surface area (Å²) in [6.07, 6.45) is 0.123. The summed E-state index contributed by atoms with van der Waals surface area (Å²) in [5.74, 6) is 1.25. The Bertz CT molecular complexity index is 874. The summed E-state index contributed by atoms with van der Waals surface area (Å²) < 4.78 is 11.5. The summed E-state index contributed by atoms with van der Waals surface area (Å²) >= 11 is 0. The van der Waals surface area contributed by atoms with Crippen LogP contribution in [0.1, 0.15) is 34.1 Å². The van der Waals surface area contributed by atoms with E-state index in [-0.39, 0.29) is 11.8 Å². The van der Waals surface area contributed by atoms with Gasteiger partial charge in [-0.05, 0) is 43.7 Å². The first kappa shape index (κ1) is 20.7. The number of carbonyl (C=O) groups is 2. The lowest BCUT2D eigenvalue weighted by Gasteiger charge is -2.33. The average molecular weight is 396 g/mol. The molecule has 29 heavy (non-hydrogen) atoms. The molecule has 3 rings (SSSR count). The molecule has 0 saturated carbocycles. The Labute approximate surface area is 171 Å². The number of ether oxygens (including phenoxy) is 2. The van der Waals surface area contributed by atoms with E-state index in [1.165, 1.54) is 0 Å². The largest absolute Gasteiger partial charge is 0.494 e. The number of benzene rings is 2. The van der Waals surface area contributed by atoms with Gasteiger partial charge in [0, 0.05) is 17.6 Å². The Hall–Kier alpha value is -3.02. The predicted octanol–water partition coefficient (Wildman–Crippen LogP) is 4.25. The lowest BCUT2D eigenvalue weighted by atomic mass is 9.95. The predicted molar refractivity (Wildman–Crippen MR) is 114 cm³/mol. The maximum absolute atomic E-state index is 12.7. The summed E-state index contributed by atoms with van der Waals surface area (Å²) in [5.41, 5.74) is 0.797. The van der Waals surface area contributed by atoms with Crippen LogP contribution in [0.3, 0.4) is 0 Å². The molecule has 0 fully saturated rings. The maximum atomic E-state index is 12.7. The molecule has 1 heterocycles. The number of hydrogen-bond acceptors (Lipinski definition) is 4. The number of para-hydroxylation sites is 1. The van der Waals surface area contributed by atoms with Crippen LogP contribution < -0.4 is 19.7 Å². The first-order chi connectivity index (χ1) is 13.8. The average Bonchev–Trinajstić information content (AvgIpc) is 2.68. The lowest BCUT2D eigenvalue weighted by Crippen LogP contribution is -2.45. The van der Waals surface area contributed by atoms with Gasteiger partial charge in [-0.25, -0.2) is 0 Å². The second kappa shape index (κ2) is 8.55. The number of rotatable bonds is 6. The van der Waals surface area contributed by atoms with Gasteiger partial charge in [-0.1, -0.05) is 39.0 Å². The van der Waals surface area contributed by atoms with Crippen LogP contribution in [0.2, 0.25) is 0 Å². The van der Waals surface area contributed by atoms with Gasteiger partial charge in [-0.15, -0.1) is 0 Å². The number of nitrogens with zero attached hydrogens (tertiary/aromatic N) is 1. The second-order valence-electron chi connectivity index (χ2n) is 8.15. The molecule has 1 unspecified atom stereocenters. The molecule has 0 spiro atoms. The van der Waals surface area contributed by atoms with E-state index >= 15 is 0 Å². The van der Waals surface area contributed by atoms with E-state index in [1.807, 2.05) is 51.1 Å². The van der Waals surface area contributed by atoms with Crippen LogP contribution in [0.4, 0.5) is 11.4 Å². The molecule has 2 aromatic rings. The Morgan fingerprint density at radius 2 is 1.90 bits per heavy atom. The third kappa shape index (κ3) is 5.08. The molecule has 0 saturated heterocycles. The highest BCUT2D eigenvalue weighted by atomic mass is 16.5. The summed E-state index contributed by atoms with van der Waals surface area (Å²) in [7, 11) is 0. The van der Waals surface area contributed by atoms with E-state index in [4.69, 9.17) is 9.47 Å². The molecule has 2 aromatic carbocycles. The fraction of sp³-hybridized carbons (Fsp3) is 0.391. The van der Waals surface area contributed by atoms with Crippen molar-refractivity contribution in [1.82, 2.24) is 0 Å². The SMILES string of the molecule is CC1Oc2ccc(NC(=O)C(C)(C)C)cc2N(CCCOc2ccccc2)C1=O. The molecule has 1 aliphatic rings. The van der Waals surface area contributed by atoms with E-state index in [9.17, 15) is 9.59 Å². The van der Waals surface area contributed by atoms with Crippen molar-refractivity contribution in [3.05, 3.63) is 48.5 Å². The van der Waals surface area contributed by atoms with Gasteiger partial charge in [-0.2, -0.15) is 0 Å². The third-order valence-electron chi connectivity index (χ3n) is 4.64. The molecule has 0 bridgehead atoms. The second-order valence-corrected chi connectivity index (χ2v) is 8.15. The normalized spacial score (nSPS) is 16.1. The zero-order valence-electron chi connectivity index (χ0n) is 17.4. The molecule has 6 heteroatoms. The standard InChI is InChI=1S/C23H28N2O4/c1-16-21(26)25(13-8-14-28-18-9-6-5-7-10-18)19-15-17(11-12-20(19)29-16)24-22(27)23(2,3)4/h5-7,9-12,15-16H,8,13-14H2,1-4H3,(H,24,27). The van der Waals surface area contributed by atoms with Gasteiger partial charge >= 0.3 is 0 Å². The minimum Gasteiger partial charge on any atom is -0.494 e. The highest BCUT2D eigenvalue weighted by molar-refractivity contribution is 6.01. The number of carbonyl (C=O) groups excluding carboxylic acids is 2. The molecule has 2 amide bonds. The van der Waals surface area contributed by atoms with Gasteiger partial charge in [-0.3, -0.25) is 9.59 Å². The van der Waals surface area contributed by atoms with Crippen LogP contribution in [0.25, 0.3) is 0 Å². The highest BCUT2D eigenvalue weighted by Gasteiger charge is 2.31. The fourth-order valence-corrected chi connectivity index (χ4v) is 2.96. The molecule has 154 valence electrons. The summed E-state index contributed by atoms with van der Waals surface area (Å²) in [5, 5.41) is 2.91. The van der Waals surface area contributed by atoms with Crippen molar-refractivity contribution in [3.63, 3.8) is 0 Å². The fourth-order valence-electron chi connectivity index (χ4n) is 2.96. The Morgan fingerprint density at radius 1 is 1.17 bits per heavy atom. The van der Waals surface area contributed by atoms with E-state index in [1.54, 1.807) is 30.0 Å². The first-order valence-electron chi connectivity index (χ1n) is 9.87. The van der Waals surface area contributed by atoms with Crippen molar-refractivity contribution < 1.29 is 19.1 Å². The van der Waals surface area contributed by atoms with E-state index in [0.717, 1.165) is 5.75 Å². The van der Waals surface area contributed by atoms with Crippen molar-refractivity contribution in [1.29, 1.82) is 0 Å². The van der Waals surface area contributed by atoms with Gasteiger partial charge in [0.05, 0.1) is 12.3 Å². The van der Waals surface area contributed by atoms with E-state index in [2.05, 4.69) is 5.32 Å². The molecule has 0 aromatic heterocycles. The van der Waals surface area contributed by atoms with Crippen LogP contribution in [-0.2, 0) is 9.59 Å². The van der Waals surface area contributed by atoms with Crippen LogP contribution in [-0.4, -0.2) is 31.1 Å². The van der Waals surface area contributed by atoms with Gasteiger partial charge in [0.1, 0.15) is 11.5 Å². The molecule has 1 aliphatic heterocycles. The zero-order valence-corrected chi connectivity index (χ0v) is 17.4. The van der Waals surface area contributed by atoms with Crippen molar-refractivity contribution in [2.24, 2.45) is 5.41 Å². The van der Waals surface area contributed by atoms with Crippen LogP contribution in [0.15, 0.2) is 48.5 Å². The number of hydrogen-bond donors (Lipinski definition) is 1. The van der Waals surface area contributed by atoms with Gasteiger partial charge in [0.2, 0.25) is 5.91 Å². The van der Waals surface area contributed by atoms with Crippen molar-refractivity contribution in [2.45, 2.75) is 40.2 Å². The maximum Gasteiger partial charge on any atom is 0.267 e. The topological polar surface area (TPSA) is 67.9 Å². The van der Waals surface area contributed by atoms with E-state index < -0.39 is 11.5 Å². The van der Waals surface area contributed by atoms with Gasteiger partial charge in [0.25, 0.3) is 5.91 Å². The molecule has 1 N–H and O–H groups in total. The number of fused-ring (bicyclic) bond motifs is 1. The lowest BCUT2D eigenvalue weighted by molar-refractivity contribution is -0.125. The molecular weight excluding hydrogens is 368 g/mol. The third-order valence-corrected chi connectivity index (χ3v) is 4.64. The van der Waals surface area contributed by atoms with Crippen molar-refractivity contribution >= 4 is 23.2 Å². The van der Waals surface area contributed by atoms with E-state index in [0.29, 0.717) is 36.7 Å².